The zero-order chi connectivity index (χ0) is 13.8. The molecule has 0 bridgehead atoms. The van der Waals surface area contributed by atoms with Gasteiger partial charge in [0.25, 0.3) is 0 Å². The number of benzene rings is 1. The first kappa shape index (κ1) is 14.6. The SMILES string of the molecule is OCCN(CCO)c1ncnc2c(Br)cc(Br)cc12. The Labute approximate surface area is 127 Å². The number of aliphatic hydroxyl groups excluding tert-OH is 2. The van der Waals surface area contributed by atoms with Crippen LogP contribution in [0.1, 0.15) is 0 Å². The molecule has 1 aromatic carbocycles. The average molecular weight is 391 g/mol. The third kappa shape index (κ3) is 3.22. The van der Waals surface area contributed by atoms with Crippen molar-refractivity contribution < 1.29 is 10.2 Å². The van der Waals surface area contributed by atoms with Crippen molar-refractivity contribution >= 4 is 48.6 Å². The predicted octanol–water partition coefficient (Wildman–Crippen LogP) is 1.95. The Morgan fingerprint density at radius 3 is 2.37 bits per heavy atom. The van der Waals surface area contributed by atoms with Crippen LogP contribution in [0.3, 0.4) is 0 Å². The quantitative estimate of drug-likeness (QED) is 0.816. The van der Waals surface area contributed by atoms with Crippen LogP contribution in [-0.2, 0) is 0 Å². The van der Waals surface area contributed by atoms with Gasteiger partial charge in [0.1, 0.15) is 12.1 Å². The third-order valence-corrected chi connectivity index (χ3v) is 3.74. The Kier molecular flexibility index (Phi) is 5.09. The molecule has 1 aromatic heterocycles. The summed E-state index contributed by atoms with van der Waals surface area (Å²) in [5.74, 6) is 0.704. The molecular formula is C12H13Br2N3O2. The number of fused-ring (bicyclic) bond motifs is 1. The number of nitrogens with zero attached hydrogens (tertiary/aromatic N) is 3. The van der Waals surface area contributed by atoms with E-state index in [1.54, 1.807) is 0 Å². The number of rotatable bonds is 5. The lowest BCUT2D eigenvalue weighted by atomic mass is 10.2. The Bertz CT molecular complexity index is 574. The fourth-order valence-corrected chi connectivity index (χ4v) is 3.22. The summed E-state index contributed by atoms with van der Waals surface area (Å²) < 4.78 is 1.78. The molecule has 0 saturated heterocycles. The van der Waals surface area contributed by atoms with Crippen LogP contribution in [0.25, 0.3) is 10.9 Å². The maximum atomic E-state index is 9.12. The summed E-state index contributed by atoms with van der Waals surface area (Å²) in [5, 5.41) is 19.1. The van der Waals surface area contributed by atoms with Crippen molar-refractivity contribution in [3.8, 4) is 0 Å². The van der Waals surface area contributed by atoms with Gasteiger partial charge in [0.2, 0.25) is 0 Å². The van der Waals surface area contributed by atoms with E-state index in [0.717, 1.165) is 19.8 Å². The highest BCUT2D eigenvalue weighted by Crippen LogP contribution is 2.31. The van der Waals surface area contributed by atoms with Gasteiger partial charge in [-0.1, -0.05) is 15.9 Å². The van der Waals surface area contributed by atoms with E-state index in [1.807, 2.05) is 17.0 Å². The second-order valence-corrected chi connectivity index (χ2v) is 5.69. The lowest BCUT2D eigenvalue weighted by molar-refractivity contribution is 0.281. The highest BCUT2D eigenvalue weighted by molar-refractivity contribution is 9.11. The lowest BCUT2D eigenvalue weighted by Gasteiger charge is -2.23. The Morgan fingerprint density at radius 1 is 1.05 bits per heavy atom. The summed E-state index contributed by atoms with van der Waals surface area (Å²) >= 11 is 6.91. The molecule has 1 heterocycles. The molecule has 0 amide bonds. The van der Waals surface area contributed by atoms with Crippen molar-refractivity contribution in [2.24, 2.45) is 0 Å². The molecule has 0 saturated carbocycles. The normalized spacial score (nSPS) is 10.9. The molecular weight excluding hydrogens is 378 g/mol. The number of hydrogen-bond acceptors (Lipinski definition) is 5. The molecule has 2 rings (SSSR count). The molecule has 7 heteroatoms. The van der Waals surface area contributed by atoms with Crippen LogP contribution in [0, 0.1) is 0 Å². The molecule has 19 heavy (non-hydrogen) atoms. The number of aliphatic hydroxyl groups is 2. The van der Waals surface area contributed by atoms with Crippen molar-refractivity contribution in [3.05, 3.63) is 27.4 Å². The number of hydrogen-bond donors (Lipinski definition) is 2. The molecule has 102 valence electrons. The summed E-state index contributed by atoms with van der Waals surface area (Å²) in [5.41, 5.74) is 0.800. The van der Waals surface area contributed by atoms with Crippen LogP contribution in [-0.4, -0.2) is 46.5 Å². The van der Waals surface area contributed by atoms with Gasteiger partial charge in [-0.15, -0.1) is 0 Å². The lowest BCUT2D eigenvalue weighted by Crippen LogP contribution is -2.30. The van der Waals surface area contributed by atoms with E-state index in [4.69, 9.17) is 10.2 Å². The van der Waals surface area contributed by atoms with E-state index < -0.39 is 0 Å². The number of aromatic nitrogens is 2. The van der Waals surface area contributed by atoms with Gasteiger partial charge in [0, 0.05) is 27.4 Å². The van der Waals surface area contributed by atoms with Gasteiger partial charge in [-0.05, 0) is 28.1 Å². The van der Waals surface area contributed by atoms with Crippen LogP contribution >= 0.6 is 31.9 Å². The van der Waals surface area contributed by atoms with Crippen molar-refractivity contribution in [1.82, 2.24) is 9.97 Å². The minimum Gasteiger partial charge on any atom is -0.395 e. The van der Waals surface area contributed by atoms with Crippen LogP contribution in [0.2, 0.25) is 0 Å². The van der Waals surface area contributed by atoms with Crippen molar-refractivity contribution in [2.75, 3.05) is 31.2 Å². The molecule has 0 radical (unpaired) electrons. The molecule has 0 aliphatic carbocycles. The van der Waals surface area contributed by atoms with Crippen molar-refractivity contribution in [3.63, 3.8) is 0 Å². The van der Waals surface area contributed by atoms with E-state index >= 15 is 0 Å². The Balaban J connectivity index is 2.58. The van der Waals surface area contributed by atoms with Gasteiger partial charge in [-0.3, -0.25) is 0 Å². The van der Waals surface area contributed by atoms with Gasteiger partial charge in [-0.2, -0.15) is 0 Å². The Morgan fingerprint density at radius 2 is 1.74 bits per heavy atom. The van der Waals surface area contributed by atoms with E-state index in [2.05, 4.69) is 41.8 Å². The van der Waals surface area contributed by atoms with Gasteiger partial charge in [-0.25, -0.2) is 9.97 Å². The summed E-state index contributed by atoms with van der Waals surface area (Å²) in [6.07, 6.45) is 1.48. The van der Waals surface area contributed by atoms with Crippen LogP contribution in [0.5, 0.6) is 0 Å². The zero-order valence-corrected chi connectivity index (χ0v) is 13.2. The number of anilines is 1. The Hall–Kier alpha value is -0.760. The standard InChI is InChI=1S/C12H13Br2N3O2/c13-8-5-9-11(10(14)6-8)15-7-16-12(9)17(1-3-18)2-4-19/h5-7,18-19H,1-4H2. The zero-order valence-electron chi connectivity index (χ0n) is 10.1. The summed E-state index contributed by atoms with van der Waals surface area (Å²) in [7, 11) is 0. The first-order valence-corrected chi connectivity index (χ1v) is 7.32. The highest BCUT2D eigenvalue weighted by atomic mass is 79.9. The largest absolute Gasteiger partial charge is 0.395 e. The molecule has 5 nitrogen and oxygen atoms in total. The van der Waals surface area contributed by atoms with Gasteiger partial charge < -0.3 is 15.1 Å². The number of halogens is 2. The third-order valence-electron chi connectivity index (χ3n) is 2.68. The molecule has 0 aliphatic rings. The summed E-state index contributed by atoms with van der Waals surface area (Å²) in [6.45, 7) is 0.828. The second-order valence-electron chi connectivity index (χ2n) is 3.92. The topological polar surface area (TPSA) is 69.5 Å². The highest BCUT2D eigenvalue weighted by Gasteiger charge is 2.13. The maximum absolute atomic E-state index is 9.12. The molecule has 2 N–H and O–H groups in total. The minimum absolute atomic E-state index is 0.000664. The second kappa shape index (κ2) is 6.60. The molecule has 0 spiro atoms. The molecule has 2 aromatic rings. The monoisotopic (exact) mass is 389 g/mol. The average Bonchev–Trinajstić information content (AvgIpc) is 2.38. The molecule has 0 atom stereocenters. The van der Waals surface area contributed by atoms with Gasteiger partial charge in [0.05, 0.1) is 18.7 Å². The first-order valence-electron chi connectivity index (χ1n) is 5.73. The van der Waals surface area contributed by atoms with E-state index in [0.29, 0.717) is 18.9 Å². The van der Waals surface area contributed by atoms with E-state index in [9.17, 15) is 0 Å². The van der Waals surface area contributed by atoms with Crippen LogP contribution < -0.4 is 4.90 Å². The van der Waals surface area contributed by atoms with Gasteiger partial charge >= 0.3 is 0 Å². The van der Waals surface area contributed by atoms with Crippen LogP contribution in [0.15, 0.2) is 27.4 Å². The predicted molar refractivity (Wildman–Crippen MR) is 81.3 cm³/mol. The van der Waals surface area contributed by atoms with Crippen LogP contribution in [0.4, 0.5) is 5.82 Å². The van der Waals surface area contributed by atoms with E-state index in [1.165, 1.54) is 6.33 Å². The van der Waals surface area contributed by atoms with Crippen molar-refractivity contribution in [2.45, 2.75) is 0 Å². The summed E-state index contributed by atoms with van der Waals surface area (Å²) in [6, 6.07) is 3.85. The van der Waals surface area contributed by atoms with E-state index in [-0.39, 0.29) is 13.2 Å². The van der Waals surface area contributed by atoms with Gasteiger partial charge in [0.15, 0.2) is 0 Å². The first-order chi connectivity index (χ1) is 9.17. The molecule has 0 unspecified atom stereocenters. The summed E-state index contributed by atoms with van der Waals surface area (Å²) in [4.78, 5) is 10.4. The fraction of sp³-hybridized carbons (Fsp3) is 0.333. The minimum atomic E-state index is 0.000664. The fourth-order valence-electron chi connectivity index (χ4n) is 1.90. The molecule has 0 aliphatic heterocycles. The maximum Gasteiger partial charge on any atom is 0.140 e. The van der Waals surface area contributed by atoms with Crippen molar-refractivity contribution in [1.29, 1.82) is 0 Å². The smallest absolute Gasteiger partial charge is 0.140 e. The molecule has 0 fully saturated rings.